The largest absolute Gasteiger partial charge is 0.494 e. The Hall–Kier alpha value is -2.30. The number of anilines is 1. The number of aliphatic hydroxyl groups is 1. The minimum absolute atomic E-state index is 0.0327. The van der Waals surface area contributed by atoms with Crippen molar-refractivity contribution in [1.29, 1.82) is 0 Å². The van der Waals surface area contributed by atoms with Gasteiger partial charge in [0.1, 0.15) is 11.8 Å². The fourth-order valence-electron chi connectivity index (χ4n) is 7.49. The first kappa shape index (κ1) is 35.6. The Kier molecular flexibility index (Phi) is 12.3. The summed E-state index contributed by atoms with van der Waals surface area (Å²) in [5, 5.41) is 10.5. The Morgan fingerprint density at radius 2 is 1.84 bits per heavy atom. The summed E-state index contributed by atoms with van der Waals surface area (Å²) in [6.07, 6.45) is 7.65. The lowest BCUT2D eigenvalue weighted by Gasteiger charge is -2.41. The van der Waals surface area contributed by atoms with Crippen LogP contribution in [0.25, 0.3) is 0 Å². The van der Waals surface area contributed by atoms with Crippen LogP contribution >= 0.6 is 27.7 Å². The second-order valence-corrected chi connectivity index (χ2v) is 15.2. The molecule has 0 saturated carbocycles. The highest BCUT2D eigenvalue weighted by atomic mass is 79.9. The van der Waals surface area contributed by atoms with Crippen LogP contribution in [0.2, 0.25) is 0 Å². The van der Waals surface area contributed by atoms with Gasteiger partial charge in [-0.25, -0.2) is 0 Å². The number of nitrogens with zero attached hydrogens (tertiary/aromatic N) is 3. The maximum absolute atomic E-state index is 14.8. The topological polar surface area (TPSA) is 90.4 Å². The number of rotatable bonds is 17. The average Bonchev–Trinajstić information content (AvgIpc) is 3.63. The van der Waals surface area contributed by atoms with E-state index in [2.05, 4.69) is 36.0 Å². The number of amides is 3. The van der Waals surface area contributed by atoms with Gasteiger partial charge in [0.25, 0.3) is 0 Å². The van der Waals surface area contributed by atoms with Crippen molar-refractivity contribution in [2.75, 3.05) is 37.7 Å². The first-order chi connectivity index (χ1) is 21.6. The van der Waals surface area contributed by atoms with Gasteiger partial charge < -0.3 is 24.5 Å². The van der Waals surface area contributed by atoms with E-state index in [1.54, 1.807) is 33.7 Å². The predicted octanol–water partition coefficient (Wildman–Crippen LogP) is 5.68. The van der Waals surface area contributed by atoms with Crippen molar-refractivity contribution >= 4 is 51.1 Å². The molecule has 0 aromatic heterocycles. The van der Waals surface area contributed by atoms with Crippen LogP contribution in [0.5, 0.6) is 5.75 Å². The van der Waals surface area contributed by atoms with Gasteiger partial charge in [0.2, 0.25) is 17.7 Å². The number of hydrogen-bond donors (Lipinski definition) is 1. The minimum atomic E-state index is -0.795. The summed E-state index contributed by atoms with van der Waals surface area (Å²) in [5.74, 6) is -1.10. The highest BCUT2D eigenvalue weighted by Gasteiger charge is 2.76. The molecule has 3 saturated heterocycles. The van der Waals surface area contributed by atoms with Crippen LogP contribution in [0.15, 0.2) is 49.6 Å². The van der Waals surface area contributed by atoms with Crippen LogP contribution in [0.4, 0.5) is 5.69 Å². The standard InChI is InChI=1S/C35H50BrN3O5S/c1-7-12-13-20-37(18-8-2)34(43)31-35-21-26(36)30(45-35)28(29(35)33(42)39(31)27(22-40)23(6)10-4)32(41)38(19-9-3)24-14-16-25(17-15-24)44-11-5/h8-9,14-17,23,26-31,40H,2-3,7,10-13,18-22H2,1,4-6H3/t23-,26?,27-,28+,29-,30+,31?,35?/m0/s1. The van der Waals surface area contributed by atoms with Gasteiger partial charge in [0.15, 0.2) is 0 Å². The predicted molar refractivity (Wildman–Crippen MR) is 186 cm³/mol. The highest BCUT2D eigenvalue weighted by molar-refractivity contribution is 9.09. The normalized spacial score (nSPS) is 28.0. The summed E-state index contributed by atoms with van der Waals surface area (Å²) in [4.78, 5) is 49.4. The van der Waals surface area contributed by atoms with Gasteiger partial charge >= 0.3 is 0 Å². The van der Waals surface area contributed by atoms with E-state index in [9.17, 15) is 19.5 Å². The summed E-state index contributed by atoms with van der Waals surface area (Å²) in [6.45, 7) is 17.5. The van der Waals surface area contributed by atoms with Gasteiger partial charge in [-0.1, -0.05) is 68.1 Å². The molecule has 1 spiro atoms. The smallest absolute Gasteiger partial charge is 0.247 e. The van der Waals surface area contributed by atoms with Crippen LogP contribution < -0.4 is 9.64 Å². The fourth-order valence-corrected chi connectivity index (χ4v) is 11.1. The molecule has 3 aliphatic heterocycles. The molecule has 3 aliphatic rings. The Morgan fingerprint density at radius 1 is 1.16 bits per heavy atom. The Morgan fingerprint density at radius 3 is 2.42 bits per heavy atom. The van der Waals surface area contributed by atoms with Gasteiger partial charge in [-0.3, -0.25) is 14.4 Å². The van der Waals surface area contributed by atoms with Gasteiger partial charge in [0, 0.05) is 35.4 Å². The Labute approximate surface area is 281 Å². The number of hydrogen-bond acceptors (Lipinski definition) is 6. The third-order valence-corrected chi connectivity index (χ3v) is 13.0. The number of unbranched alkanes of at least 4 members (excludes halogenated alkanes) is 2. The van der Waals surface area contributed by atoms with Crippen LogP contribution in [0, 0.1) is 17.8 Å². The number of aliphatic hydroxyl groups excluding tert-OH is 1. The summed E-state index contributed by atoms with van der Waals surface area (Å²) in [6, 6.07) is 6.09. The molecule has 4 rings (SSSR count). The van der Waals surface area contributed by atoms with E-state index in [0.29, 0.717) is 37.6 Å². The van der Waals surface area contributed by atoms with E-state index in [1.165, 1.54) is 0 Å². The maximum Gasteiger partial charge on any atom is 0.247 e. The molecule has 0 aliphatic carbocycles. The average molecular weight is 705 g/mol. The molecule has 248 valence electrons. The molecular formula is C35H50BrN3O5S. The quantitative estimate of drug-likeness (QED) is 0.128. The number of halogens is 1. The van der Waals surface area contributed by atoms with Crippen LogP contribution in [-0.2, 0) is 14.4 Å². The number of benzene rings is 1. The van der Waals surface area contributed by atoms with Crippen LogP contribution in [-0.4, -0.2) is 92.4 Å². The molecule has 8 atom stereocenters. The third kappa shape index (κ3) is 6.61. The molecule has 10 heteroatoms. The molecule has 3 amide bonds. The molecule has 8 nitrogen and oxygen atoms in total. The van der Waals surface area contributed by atoms with Crippen LogP contribution in [0.1, 0.15) is 59.8 Å². The monoisotopic (exact) mass is 703 g/mol. The van der Waals surface area contributed by atoms with Crippen molar-refractivity contribution in [3.8, 4) is 5.75 Å². The first-order valence-electron chi connectivity index (χ1n) is 16.4. The molecule has 1 aromatic rings. The van der Waals surface area contributed by atoms with Crippen molar-refractivity contribution < 1.29 is 24.2 Å². The summed E-state index contributed by atoms with van der Waals surface area (Å²) < 4.78 is 4.82. The lowest BCUT2D eigenvalue weighted by molar-refractivity contribution is -0.146. The summed E-state index contributed by atoms with van der Waals surface area (Å²) in [5.41, 5.74) is 0.701. The lowest BCUT2D eigenvalue weighted by Crippen LogP contribution is -2.59. The van der Waals surface area contributed by atoms with Gasteiger partial charge in [-0.15, -0.1) is 24.9 Å². The fraction of sp³-hybridized carbons (Fsp3) is 0.629. The zero-order valence-corrected chi connectivity index (χ0v) is 29.6. The van der Waals surface area contributed by atoms with Gasteiger partial charge in [-0.2, -0.15) is 0 Å². The number of fused-ring (bicyclic) bond motifs is 1. The summed E-state index contributed by atoms with van der Waals surface area (Å²) >= 11 is 5.52. The summed E-state index contributed by atoms with van der Waals surface area (Å²) in [7, 11) is 0. The van der Waals surface area contributed by atoms with Crippen LogP contribution in [0.3, 0.4) is 0 Å². The molecule has 0 radical (unpaired) electrons. The van der Waals surface area contributed by atoms with E-state index in [1.807, 2.05) is 49.9 Å². The van der Waals surface area contributed by atoms with E-state index in [4.69, 9.17) is 4.74 Å². The SMILES string of the molecule is C=CCN(CCCCC)C(=O)C1N([C@@H](CO)[C@@H](C)CC)C(=O)[C@@H]2[C@@H](C(=O)N(CC=C)c3ccc(OCC)cc3)[C@@H]3SC12CC3Br. The number of ether oxygens (including phenoxy) is 1. The van der Waals surface area contributed by atoms with E-state index < -0.39 is 28.7 Å². The van der Waals surface area contributed by atoms with Crippen molar-refractivity contribution in [3.63, 3.8) is 0 Å². The zero-order valence-electron chi connectivity index (χ0n) is 27.2. The first-order valence-corrected chi connectivity index (χ1v) is 18.2. The van der Waals surface area contributed by atoms with Crippen molar-refractivity contribution in [2.24, 2.45) is 17.8 Å². The second kappa shape index (κ2) is 15.5. The van der Waals surface area contributed by atoms with Gasteiger partial charge in [0.05, 0.1) is 35.8 Å². The molecule has 1 aromatic carbocycles. The van der Waals surface area contributed by atoms with E-state index in [-0.39, 0.29) is 46.9 Å². The minimum Gasteiger partial charge on any atom is -0.494 e. The number of thioether (sulfide) groups is 1. The molecule has 45 heavy (non-hydrogen) atoms. The van der Waals surface area contributed by atoms with Crippen molar-refractivity contribution in [2.45, 2.75) is 86.7 Å². The number of carbonyl (C=O) groups is 3. The number of likely N-dealkylation sites (tertiary alicyclic amines) is 1. The van der Waals surface area contributed by atoms with Crippen molar-refractivity contribution in [1.82, 2.24) is 9.80 Å². The number of carbonyl (C=O) groups excluding carboxylic acids is 3. The number of alkyl halides is 1. The molecule has 3 heterocycles. The molecule has 2 bridgehead atoms. The Bertz CT molecular complexity index is 1230. The maximum atomic E-state index is 14.8. The lowest BCUT2D eigenvalue weighted by atomic mass is 9.70. The van der Waals surface area contributed by atoms with E-state index >= 15 is 0 Å². The Balaban J connectivity index is 1.80. The molecule has 3 fully saturated rings. The zero-order chi connectivity index (χ0) is 32.9. The molecule has 1 N–H and O–H groups in total. The third-order valence-electron chi connectivity index (χ3n) is 9.82. The molecule has 3 unspecified atom stereocenters. The van der Waals surface area contributed by atoms with Gasteiger partial charge in [-0.05, 0) is 49.9 Å². The second-order valence-electron chi connectivity index (χ2n) is 12.5. The van der Waals surface area contributed by atoms with Crippen molar-refractivity contribution in [3.05, 3.63) is 49.6 Å². The van der Waals surface area contributed by atoms with E-state index in [0.717, 1.165) is 25.7 Å². The highest BCUT2D eigenvalue weighted by Crippen LogP contribution is 2.68. The molecular weight excluding hydrogens is 654 g/mol.